The molecule has 196 valence electrons. The number of anilines is 1. The number of aromatic nitrogens is 4. The summed E-state index contributed by atoms with van der Waals surface area (Å²) in [5.41, 5.74) is 1.01. The van der Waals surface area contributed by atoms with Gasteiger partial charge in [0.2, 0.25) is 0 Å². The number of amides is 1. The molecule has 2 N–H and O–H groups in total. The molecule has 1 aliphatic carbocycles. The van der Waals surface area contributed by atoms with E-state index in [1.807, 2.05) is 11.9 Å². The number of alkyl halides is 4. The summed E-state index contributed by atoms with van der Waals surface area (Å²) in [6, 6.07) is 1.40. The number of rotatable bonds is 6. The van der Waals surface area contributed by atoms with E-state index < -0.39 is 32.2 Å². The molecule has 2 aliphatic rings. The Kier molecular flexibility index (Phi) is 7.16. The molecule has 5 rings (SSSR count). The van der Waals surface area contributed by atoms with Crippen LogP contribution in [-0.4, -0.2) is 88.9 Å². The molecule has 37 heavy (non-hydrogen) atoms. The molecule has 2 unspecified atom stereocenters. The summed E-state index contributed by atoms with van der Waals surface area (Å²) in [5, 5.41) is 5.53. The van der Waals surface area contributed by atoms with Crippen LogP contribution in [0.15, 0.2) is 30.9 Å². The minimum atomic E-state index is -4.40. The van der Waals surface area contributed by atoms with Gasteiger partial charge in [0, 0.05) is 0 Å². The number of nitrogens with one attached hydrogen (secondary N) is 2. The summed E-state index contributed by atoms with van der Waals surface area (Å²) < 4.78 is 58.1. The fourth-order valence-electron chi connectivity index (χ4n) is 4.25. The summed E-state index contributed by atoms with van der Waals surface area (Å²) in [7, 11) is 1.84. The number of carbonyl (C=O) groups excluding carboxylic acids is 1. The molecular weight excluding hydrogens is 557 g/mol. The van der Waals surface area contributed by atoms with Crippen molar-refractivity contribution in [1.82, 2.24) is 29.4 Å². The van der Waals surface area contributed by atoms with Crippen LogP contribution in [-0.2, 0) is 0 Å². The first-order valence-corrected chi connectivity index (χ1v) is 13.6. The first kappa shape index (κ1) is 25.6. The van der Waals surface area contributed by atoms with E-state index in [4.69, 9.17) is 0 Å². The van der Waals surface area contributed by atoms with Gasteiger partial charge >= 0.3 is 217 Å². The third kappa shape index (κ3) is 6.09. The summed E-state index contributed by atoms with van der Waals surface area (Å²) in [6.45, 7) is 0.934. The molecule has 4 heterocycles. The van der Waals surface area contributed by atoms with Crippen LogP contribution >= 0.6 is 0 Å². The van der Waals surface area contributed by atoms with Crippen LogP contribution in [0.1, 0.15) is 41.2 Å². The molecule has 0 bridgehead atoms. The first-order valence-electron chi connectivity index (χ1n) is 11.8. The van der Waals surface area contributed by atoms with E-state index in [1.54, 1.807) is 10.9 Å². The van der Waals surface area contributed by atoms with E-state index in [2.05, 4.69) is 32.6 Å². The number of carbonyl (C=O) groups is 1. The normalized spacial score (nSPS) is 20.5. The molecule has 2 fully saturated rings. The van der Waals surface area contributed by atoms with E-state index in [-0.39, 0.29) is 29.2 Å². The van der Waals surface area contributed by atoms with Gasteiger partial charge in [-0.15, -0.1) is 0 Å². The SMILES string of the molecule is CN1CCC(Nc2nccn3c([Se]C(F)(F)F)c(C#CCNC(=O)c4cnn(C5CC5)c4)cc23)C(F)C1. The van der Waals surface area contributed by atoms with E-state index in [1.165, 1.54) is 29.1 Å². The van der Waals surface area contributed by atoms with Crippen molar-refractivity contribution in [3.05, 3.63) is 42.0 Å². The molecule has 2 atom stereocenters. The Morgan fingerprint density at radius 3 is 2.84 bits per heavy atom. The quantitative estimate of drug-likeness (QED) is 0.264. The third-order valence-electron chi connectivity index (χ3n) is 6.28. The number of likely N-dealkylation sites (tertiary alicyclic amines) is 1. The maximum absolute atomic E-state index is 14.6. The van der Waals surface area contributed by atoms with Crippen molar-refractivity contribution in [3.63, 3.8) is 0 Å². The Labute approximate surface area is 216 Å². The Balaban J connectivity index is 1.35. The van der Waals surface area contributed by atoms with Crippen molar-refractivity contribution in [2.45, 2.75) is 42.6 Å². The second-order valence-electron chi connectivity index (χ2n) is 9.18. The Hall–Kier alpha value is -3.07. The molecule has 0 spiro atoms. The second kappa shape index (κ2) is 10.4. The first-order chi connectivity index (χ1) is 17.7. The molecule has 13 heteroatoms. The molecule has 3 aromatic heterocycles. The van der Waals surface area contributed by atoms with Crippen LogP contribution in [0.5, 0.6) is 0 Å². The average Bonchev–Trinajstić information content (AvgIpc) is 3.47. The fraction of sp³-hybridized carbons (Fsp3) is 0.458. The summed E-state index contributed by atoms with van der Waals surface area (Å²) in [4.78, 5) is 18.5. The van der Waals surface area contributed by atoms with E-state index in [0.717, 1.165) is 12.8 Å². The summed E-state index contributed by atoms with van der Waals surface area (Å²) >= 11 is -1.88. The topological polar surface area (TPSA) is 79.5 Å². The van der Waals surface area contributed by atoms with Crippen LogP contribution in [0, 0.1) is 11.8 Å². The van der Waals surface area contributed by atoms with E-state index >= 15 is 0 Å². The fourth-order valence-corrected chi connectivity index (χ4v) is 5.71. The van der Waals surface area contributed by atoms with Gasteiger partial charge in [0.25, 0.3) is 0 Å². The van der Waals surface area contributed by atoms with Crippen LogP contribution < -0.4 is 15.2 Å². The summed E-state index contributed by atoms with van der Waals surface area (Å²) in [5.74, 6) is 5.51. The van der Waals surface area contributed by atoms with Crippen LogP contribution in [0.4, 0.5) is 23.4 Å². The molecule has 8 nitrogen and oxygen atoms in total. The Bertz CT molecular complexity index is 1350. The Morgan fingerprint density at radius 1 is 1.30 bits per heavy atom. The molecule has 1 amide bonds. The number of fused-ring (bicyclic) bond motifs is 1. The monoisotopic (exact) mass is 583 g/mol. The molecule has 1 saturated heterocycles. The standard InChI is InChI=1S/C24H25F4N7OSe/c1-33-9-6-19(18(25)14-33)32-21-20-11-15(23(37-24(26,27)28)34(20)10-8-29-21)3-2-7-30-22(36)16-12-31-35(13-16)17-4-5-17/h8,10-13,17-19H,4-7,9,14H2,1H3,(H,29,32)(H,30,36). The number of hydrogen-bond acceptors (Lipinski definition) is 5. The van der Waals surface area contributed by atoms with Crippen molar-refractivity contribution in [2.75, 3.05) is 32.0 Å². The second-order valence-corrected chi connectivity index (χ2v) is 11.4. The van der Waals surface area contributed by atoms with Gasteiger partial charge in [-0.25, -0.2) is 0 Å². The van der Waals surface area contributed by atoms with Gasteiger partial charge in [0.1, 0.15) is 0 Å². The molecule has 1 aliphatic heterocycles. The number of nitrogens with zero attached hydrogens (tertiary/aromatic N) is 5. The van der Waals surface area contributed by atoms with Crippen LogP contribution in [0.2, 0.25) is 0 Å². The average molecular weight is 582 g/mol. The molecule has 3 aromatic rings. The molecule has 0 radical (unpaired) electrons. The van der Waals surface area contributed by atoms with Gasteiger partial charge in [-0.05, 0) is 0 Å². The zero-order chi connectivity index (χ0) is 26.2. The number of halogens is 4. The molecule has 0 aromatic carbocycles. The van der Waals surface area contributed by atoms with Crippen molar-refractivity contribution < 1.29 is 22.4 Å². The third-order valence-corrected chi connectivity index (χ3v) is 8.04. The predicted molar refractivity (Wildman–Crippen MR) is 131 cm³/mol. The Morgan fingerprint density at radius 2 is 2.11 bits per heavy atom. The van der Waals surface area contributed by atoms with Gasteiger partial charge in [0.15, 0.2) is 0 Å². The van der Waals surface area contributed by atoms with E-state index in [9.17, 15) is 22.4 Å². The number of hydrogen-bond donors (Lipinski definition) is 2. The maximum atomic E-state index is 14.6. The van der Waals surface area contributed by atoms with Crippen LogP contribution in [0.25, 0.3) is 5.52 Å². The van der Waals surface area contributed by atoms with Gasteiger partial charge in [-0.3, -0.25) is 0 Å². The van der Waals surface area contributed by atoms with Crippen molar-refractivity contribution in [3.8, 4) is 11.8 Å². The van der Waals surface area contributed by atoms with Gasteiger partial charge in [-0.1, -0.05) is 0 Å². The van der Waals surface area contributed by atoms with Crippen molar-refractivity contribution in [2.24, 2.45) is 0 Å². The molecule has 1 saturated carbocycles. The molecular formula is C24H25F4N7OSe. The van der Waals surface area contributed by atoms with E-state index in [0.29, 0.717) is 35.9 Å². The van der Waals surface area contributed by atoms with Gasteiger partial charge < -0.3 is 0 Å². The van der Waals surface area contributed by atoms with Crippen molar-refractivity contribution in [1.29, 1.82) is 0 Å². The van der Waals surface area contributed by atoms with Gasteiger partial charge in [0.05, 0.1) is 0 Å². The summed E-state index contributed by atoms with van der Waals surface area (Å²) in [6.07, 6.45) is 7.52. The zero-order valence-corrected chi connectivity index (χ0v) is 21.6. The zero-order valence-electron chi connectivity index (χ0n) is 19.9. The predicted octanol–water partition coefficient (Wildman–Crippen LogP) is 1.95. The van der Waals surface area contributed by atoms with Crippen LogP contribution in [0.3, 0.4) is 0 Å². The van der Waals surface area contributed by atoms with Gasteiger partial charge in [-0.2, -0.15) is 0 Å². The van der Waals surface area contributed by atoms with Crippen molar-refractivity contribution >= 4 is 36.8 Å². The minimum absolute atomic E-state index is 0.0187. The number of piperidine rings is 1.